The standard InChI is InChI=1S/C28H39F3N2O4Si/c1-27(2,3)38(5,6)37-19-24-23(32-17-20-12-14-22(35-4)15-13-20)16-25(28(29,30)31)33(24)26(34)36-18-21-10-8-7-9-11-21/h7-15,23-25,32H,16-19H2,1-6H3/t23-,24-,25-/m0/s1. The molecule has 1 aliphatic rings. The Morgan fingerprint density at radius 1 is 1.03 bits per heavy atom. The Hall–Kier alpha value is -2.56. The van der Waals surface area contributed by atoms with E-state index in [0.29, 0.717) is 17.9 Å². The highest BCUT2D eigenvalue weighted by Gasteiger charge is 2.56. The van der Waals surface area contributed by atoms with Crippen molar-refractivity contribution in [3.8, 4) is 5.75 Å². The Balaban J connectivity index is 1.85. The maximum Gasteiger partial charge on any atom is 0.411 e. The third-order valence-electron chi connectivity index (χ3n) is 7.58. The van der Waals surface area contributed by atoms with Crippen LogP contribution >= 0.6 is 0 Å². The first-order valence-electron chi connectivity index (χ1n) is 12.8. The molecule has 1 saturated heterocycles. The van der Waals surface area contributed by atoms with Crippen LogP contribution in [0.3, 0.4) is 0 Å². The minimum Gasteiger partial charge on any atom is -0.497 e. The molecule has 0 radical (unpaired) electrons. The maximum absolute atomic E-state index is 14.3. The lowest BCUT2D eigenvalue weighted by Crippen LogP contribution is -2.54. The number of carbonyl (C=O) groups is 1. The summed E-state index contributed by atoms with van der Waals surface area (Å²) in [5, 5.41) is 3.13. The number of amides is 1. The summed E-state index contributed by atoms with van der Waals surface area (Å²) in [4.78, 5) is 14.1. The second-order valence-electron chi connectivity index (χ2n) is 11.2. The van der Waals surface area contributed by atoms with Gasteiger partial charge in [-0.2, -0.15) is 13.2 Å². The highest BCUT2D eigenvalue weighted by atomic mass is 28.4. The molecule has 1 amide bonds. The molecule has 0 bridgehead atoms. The lowest BCUT2D eigenvalue weighted by atomic mass is 10.1. The van der Waals surface area contributed by atoms with Crippen molar-refractivity contribution in [2.75, 3.05) is 13.7 Å². The van der Waals surface area contributed by atoms with Gasteiger partial charge in [-0.1, -0.05) is 63.2 Å². The van der Waals surface area contributed by atoms with Gasteiger partial charge in [0, 0.05) is 12.6 Å². The number of alkyl halides is 3. The molecule has 2 aromatic rings. The van der Waals surface area contributed by atoms with Gasteiger partial charge >= 0.3 is 12.3 Å². The van der Waals surface area contributed by atoms with Crippen molar-refractivity contribution in [3.63, 3.8) is 0 Å². The summed E-state index contributed by atoms with van der Waals surface area (Å²) >= 11 is 0. The van der Waals surface area contributed by atoms with E-state index in [1.807, 2.05) is 31.3 Å². The van der Waals surface area contributed by atoms with Crippen LogP contribution in [0.4, 0.5) is 18.0 Å². The van der Waals surface area contributed by atoms with Crippen molar-refractivity contribution in [2.24, 2.45) is 0 Å². The third-order valence-corrected chi connectivity index (χ3v) is 12.1. The monoisotopic (exact) mass is 552 g/mol. The highest BCUT2D eigenvalue weighted by Crippen LogP contribution is 2.40. The second-order valence-corrected chi connectivity index (χ2v) is 16.0. The van der Waals surface area contributed by atoms with Crippen LogP contribution in [0.2, 0.25) is 18.1 Å². The predicted octanol–water partition coefficient (Wildman–Crippen LogP) is 6.52. The summed E-state index contributed by atoms with van der Waals surface area (Å²) < 4.78 is 59.8. The molecule has 0 saturated carbocycles. The van der Waals surface area contributed by atoms with Gasteiger partial charge in [0.2, 0.25) is 0 Å². The fraction of sp³-hybridized carbons (Fsp3) is 0.536. The van der Waals surface area contributed by atoms with E-state index < -0.39 is 38.7 Å². The number of nitrogens with one attached hydrogen (secondary N) is 1. The van der Waals surface area contributed by atoms with Crippen LogP contribution in [0.5, 0.6) is 5.75 Å². The quantitative estimate of drug-likeness (QED) is 0.359. The Labute approximate surface area is 224 Å². The van der Waals surface area contributed by atoms with Crippen LogP contribution < -0.4 is 10.1 Å². The number of nitrogens with zero attached hydrogens (tertiary/aromatic N) is 1. The average Bonchev–Trinajstić information content (AvgIpc) is 3.24. The molecule has 1 fully saturated rings. The van der Waals surface area contributed by atoms with Crippen molar-refractivity contribution in [1.82, 2.24) is 10.2 Å². The number of ether oxygens (including phenoxy) is 2. The summed E-state index contributed by atoms with van der Waals surface area (Å²) in [7, 11) is -0.734. The highest BCUT2D eigenvalue weighted by molar-refractivity contribution is 6.74. The molecule has 0 aromatic heterocycles. The molecule has 38 heavy (non-hydrogen) atoms. The number of likely N-dealkylation sites (tertiary alicyclic amines) is 1. The Morgan fingerprint density at radius 3 is 2.21 bits per heavy atom. The zero-order valence-corrected chi connectivity index (χ0v) is 24.0. The summed E-state index contributed by atoms with van der Waals surface area (Å²) in [6.45, 7) is 10.5. The molecule has 3 rings (SSSR count). The number of rotatable bonds is 9. The van der Waals surface area contributed by atoms with E-state index in [4.69, 9.17) is 13.9 Å². The molecule has 210 valence electrons. The summed E-state index contributed by atoms with van der Waals surface area (Å²) in [5.74, 6) is 0.694. The van der Waals surface area contributed by atoms with Crippen molar-refractivity contribution in [1.29, 1.82) is 0 Å². The number of benzene rings is 2. The van der Waals surface area contributed by atoms with E-state index in [-0.39, 0.29) is 24.7 Å². The van der Waals surface area contributed by atoms with E-state index in [0.717, 1.165) is 10.5 Å². The van der Waals surface area contributed by atoms with Gasteiger partial charge in [0.1, 0.15) is 18.4 Å². The Bertz CT molecular complexity index is 1040. The molecule has 3 atom stereocenters. The van der Waals surface area contributed by atoms with Gasteiger partial charge in [0.05, 0.1) is 19.8 Å². The summed E-state index contributed by atoms with van der Waals surface area (Å²) in [5.41, 5.74) is 1.59. The Kier molecular flexibility index (Phi) is 9.54. The van der Waals surface area contributed by atoms with Crippen LogP contribution in [0, 0.1) is 0 Å². The third kappa shape index (κ3) is 7.51. The van der Waals surface area contributed by atoms with Gasteiger partial charge in [0.15, 0.2) is 8.32 Å². The molecule has 0 aliphatic carbocycles. The molecule has 10 heteroatoms. The topological polar surface area (TPSA) is 60.0 Å². The van der Waals surface area contributed by atoms with Crippen molar-refractivity contribution < 1.29 is 31.9 Å². The fourth-order valence-corrected chi connectivity index (χ4v) is 5.22. The molecule has 2 aromatic carbocycles. The van der Waals surface area contributed by atoms with Gasteiger partial charge < -0.3 is 19.2 Å². The minimum absolute atomic E-state index is 0.0101. The number of carbonyl (C=O) groups excluding carboxylic acids is 1. The van der Waals surface area contributed by atoms with Crippen LogP contribution in [0.25, 0.3) is 0 Å². The van der Waals surface area contributed by atoms with Crippen LogP contribution in [0.1, 0.15) is 38.3 Å². The van der Waals surface area contributed by atoms with Gasteiger partial charge in [-0.3, -0.25) is 4.90 Å². The average molecular weight is 553 g/mol. The zero-order chi connectivity index (χ0) is 28.1. The van der Waals surface area contributed by atoms with E-state index in [1.165, 1.54) is 0 Å². The number of hydrogen-bond donors (Lipinski definition) is 1. The first-order chi connectivity index (χ1) is 17.7. The summed E-state index contributed by atoms with van der Waals surface area (Å²) in [6, 6.07) is 12.8. The largest absolute Gasteiger partial charge is 0.497 e. The SMILES string of the molecule is COc1ccc(CN[C@H]2C[C@@H](C(F)(F)F)N(C(=O)OCc3ccccc3)[C@H]2CO[Si](C)(C)C(C)(C)C)cc1. The smallest absolute Gasteiger partial charge is 0.411 e. The summed E-state index contributed by atoms with van der Waals surface area (Å²) in [6.07, 6.45) is -5.89. The lowest BCUT2D eigenvalue weighted by molar-refractivity contribution is -0.175. The van der Waals surface area contributed by atoms with Crippen molar-refractivity contribution in [3.05, 3.63) is 65.7 Å². The fourth-order valence-electron chi connectivity index (χ4n) is 4.20. The van der Waals surface area contributed by atoms with E-state index >= 15 is 0 Å². The minimum atomic E-state index is -4.61. The molecule has 0 unspecified atom stereocenters. The maximum atomic E-state index is 14.3. The zero-order valence-electron chi connectivity index (χ0n) is 23.0. The molecule has 1 aliphatic heterocycles. The second kappa shape index (κ2) is 12.1. The molecule has 1 N–H and O–H groups in total. The van der Waals surface area contributed by atoms with E-state index in [2.05, 4.69) is 26.1 Å². The van der Waals surface area contributed by atoms with E-state index in [1.54, 1.807) is 43.5 Å². The number of methoxy groups -OCH3 is 1. The molecular formula is C28H39F3N2O4Si. The van der Waals surface area contributed by atoms with Crippen molar-refractivity contribution in [2.45, 2.75) is 82.8 Å². The number of halogens is 3. The van der Waals surface area contributed by atoms with Gasteiger partial charge in [-0.05, 0) is 47.8 Å². The van der Waals surface area contributed by atoms with Crippen LogP contribution in [-0.4, -0.2) is 57.3 Å². The first-order valence-corrected chi connectivity index (χ1v) is 15.7. The molecule has 1 heterocycles. The normalized spacial score (nSPS) is 20.4. The van der Waals surface area contributed by atoms with Crippen LogP contribution in [-0.2, 0) is 22.3 Å². The Morgan fingerprint density at radius 2 is 1.66 bits per heavy atom. The van der Waals surface area contributed by atoms with Gasteiger partial charge in [0.25, 0.3) is 0 Å². The van der Waals surface area contributed by atoms with Gasteiger partial charge in [-0.15, -0.1) is 0 Å². The van der Waals surface area contributed by atoms with Crippen molar-refractivity contribution >= 4 is 14.4 Å². The van der Waals surface area contributed by atoms with E-state index in [9.17, 15) is 18.0 Å². The van der Waals surface area contributed by atoms with Gasteiger partial charge in [-0.25, -0.2) is 4.79 Å². The lowest BCUT2D eigenvalue weighted by Gasteiger charge is -2.39. The molecule has 6 nitrogen and oxygen atoms in total. The molecular weight excluding hydrogens is 513 g/mol. The van der Waals surface area contributed by atoms with Crippen LogP contribution in [0.15, 0.2) is 54.6 Å². The predicted molar refractivity (Wildman–Crippen MR) is 143 cm³/mol. The number of hydrogen-bond acceptors (Lipinski definition) is 5. The molecule has 0 spiro atoms. The first kappa shape index (κ1) is 30.0.